The summed E-state index contributed by atoms with van der Waals surface area (Å²) in [5.41, 5.74) is 1.98. The molecule has 0 aliphatic carbocycles. The van der Waals surface area contributed by atoms with Crippen LogP contribution in [0.1, 0.15) is 5.56 Å². The number of allylic oxidation sites excluding steroid dienone is 1. The van der Waals surface area contributed by atoms with Gasteiger partial charge in [-0.3, -0.25) is 0 Å². The quantitative estimate of drug-likeness (QED) is 0.780. The van der Waals surface area contributed by atoms with Crippen molar-refractivity contribution in [2.24, 2.45) is 0 Å². The minimum absolute atomic E-state index is 0.101. The molecular weight excluding hydrogens is 266 g/mol. The minimum atomic E-state index is 0.101. The number of hydrogen-bond donors (Lipinski definition) is 0. The summed E-state index contributed by atoms with van der Waals surface area (Å²) in [6.45, 7) is 0. The number of halogens is 1. The van der Waals surface area contributed by atoms with Crippen molar-refractivity contribution >= 4 is 27.7 Å². The molecule has 0 saturated carbocycles. The Labute approximate surface area is 103 Å². The smallest absolute Gasteiger partial charge is 0.130 e. The van der Waals surface area contributed by atoms with E-state index >= 15 is 0 Å². The molecular formula is C12H10BrN3. The van der Waals surface area contributed by atoms with Gasteiger partial charge in [0, 0.05) is 18.6 Å². The first-order valence-corrected chi connectivity index (χ1v) is 5.36. The SMILES string of the molecule is CN(C)c1ccc(C=C(C#N)C#N)cc1Br. The van der Waals surface area contributed by atoms with Gasteiger partial charge >= 0.3 is 0 Å². The second-order valence-electron chi connectivity index (χ2n) is 3.39. The highest BCUT2D eigenvalue weighted by atomic mass is 79.9. The lowest BCUT2D eigenvalue weighted by molar-refractivity contribution is 1.12. The van der Waals surface area contributed by atoms with Crippen LogP contribution in [0.2, 0.25) is 0 Å². The lowest BCUT2D eigenvalue weighted by atomic mass is 10.1. The Bertz CT molecular complexity index is 488. The Morgan fingerprint density at radius 3 is 2.38 bits per heavy atom. The maximum absolute atomic E-state index is 8.64. The first-order valence-electron chi connectivity index (χ1n) is 4.57. The van der Waals surface area contributed by atoms with Crippen LogP contribution >= 0.6 is 15.9 Å². The number of anilines is 1. The molecule has 1 rings (SSSR count). The van der Waals surface area contributed by atoms with Gasteiger partial charge in [0.1, 0.15) is 17.7 Å². The van der Waals surface area contributed by atoms with E-state index in [1.165, 1.54) is 0 Å². The fourth-order valence-electron chi connectivity index (χ4n) is 1.23. The Morgan fingerprint density at radius 2 is 1.94 bits per heavy atom. The third-order valence-corrected chi connectivity index (χ3v) is 2.64. The van der Waals surface area contributed by atoms with Crippen molar-refractivity contribution in [2.75, 3.05) is 19.0 Å². The zero-order valence-electron chi connectivity index (χ0n) is 9.03. The van der Waals surface area contributed by atoms with Gasteiger partial charge in [0.15, 0.2) is 0 Å². The second-order valence-corrected chi connectivity index (χ2v) is 4.24. The van der Waals surface area contributed by atoms with Gasteiger partial charge in [-0.15, -0.1) is 0 Å². The van der Waals surface area contributed by atoms with E-state index in [9.17, 15) is 0 Å². The maximum atomic E-state index is 8.64. The molecule has 0 fully saturated rings. The summed E-state index contributed by atoms with van der Waals surface area (Å²) in [7, 11) is 3.90. The van der Waals surface area contributed by atoms with Gasteiger partial charge in [0.05, 0.1) is 5.69 Å². The topological polar surface area (TPSA) is 50.8 Å². The normalized spacial score (nSPS) is 8.81. The van der Waals surface area contributed by atoms with E-state index in [0.29, 0.717) is 0 Å². The molecule has 4 heteroatoms. The van der Waals surface area contributed by atoms with Gasteiger partial charge in [-0.1, -0.05) is 6.07 Å². The van der Waals surface area contributed by atoms with E-state index in [1.54, 1.807) is 6.08 Å². The summed E-state index contributed by atoms with van der Waals surface area (Å²) in [5, 5.41) is 17.3. The van der Waals surface area contributed by atoms with Crippen LogP contribution in [0, 0.1) is 22.7 Å². The fraction of sp³-hybridized carbons (Fsp3) is 0.167. The van der Waals surface area contributed by atoms with E-state index in [1.807, 2.05) is 49.3 Å². The summed E-state index contributed by atoms with van der Waals surface area (Å²) in [5.74, 6) is 0. The molecule has 0 atom stereocenters. The van der Waals surface area contributed by atoms with Crippen molar-refractivity contribution in [3.63, 3.8) is 0 Å². The van der Waals surface area contributed by atoms with E-state index in [0.717, 1.165) is 15.7 Å². The second kappa shape index (κ2) is 5.34. The van der Waals surface area contributed by atoms with Gasteiger partial charge in [0.2, 0.25) is 0 Å². The van der Waals surface area contributed by atoms with Gasteiger partial charge < -0.3 is 4.90 Å². The molecule has 0 aliphatic rings. The average molecular weight is 276 g/mol. The molecule has 0 N–H and O–H groups in total. The van der Waals surface area contributed by atoms with Gasteiger partial charge in [-0.2, -0.15) is 10.5 Å². The summed E-state index contributed by atoms with van der Waals surface area (Å²) in [4.78, 5) is 1.98. The molecule has 0 unspecified atom stereocenters. The Balaban J connectivity index is 3.14. The molecule has 1 aromatic carbocycles. The summed E-state index contributed by atoms with van der Waals surface area (Å²) in [6.07, 6.45) is 1.56. The third kappa shape index (κ3) is 2.85. The van der Waals surface area contributed by atoms with Crippen LogP contribution in [0.15, 0.2) is 28.2 Å². The van der Waals surface area contributed by atoms with Crippen LogP contribution in [0.5, 0.6) is 0 Å². The standard InChI is InChI=1S/C12H10BrN3/c1-16(2)12-4-3-9(6-11(12)13)5-10(7-14)8-15/h3-6H,1-2H3. The van der Waals surface area contributed by atoms with Gasteiger partial charge in [0.25, 0.3) is 0 Å². The van der Waals surface area contributed by atoms with E-state index in [4.69, 9.17) is 10.5 Å². The highest BCUT2D eigenvalue weighted by molar-refractivity contribution is 9.10. The predicted octanol–water partition coefficient (Wildman–Crippen LogP) is 2.95. The molecule has 0 heterocycles. The molecule has 0 aromatic heterocycles. The average Bonchev–Trinajstić information content (AvgIpc) is 2.25. The number of hydrogen-bond acceptors (Lipinski definition) is 3. The molecule has 0 saturated heterocycles. The predicted molar refractivity (Wildman–Crippen MR) is 67.7 cm³/mol. The number of nitrogens with zero attached hydrogens (tertiary/aromatic N) is 3. The lowest BCUT2D eigenvalue weighted by Crippen LogP contribution is -2.09. The molecule has 0 aliphatic heterocycles. The summed E-state index contributed by atoms with van der Waals surface area (Å²) < 4.78 is 0.932. The molecule has 0 bridgehead atoms. The molecule has 1 aromatic rings. The van der Waals surface area contributed by atoms with Crippen LogP contribution in [0.4, 0.5) is 5.69 Å². The zero-order chi connectivity index (χ0) is 12.1. The molecule has 80 valence electrons. The molecule has 0 radical (unpaired) electrons. The number of nitriles is 2. The lowest BCUT2D eigenvalue weighted by Gasteiger charge is -2.14. The third-order valence-electron chi connectivity index (χ3n) is 2.01. The van der Waals surface area contributed by atoms with Gasteiger partial charge in [-0.25, -0.2) is 0 Å². The van der Waals surface area contributed by atoms with Crippen LogP contribution in [-0.2, 0) is 0 Å². The Hall–Kier alpha value is -1.78. The van der Waals surface area contributed by atoms with Crippen molar-refractivity contribution in [1.29, 1.82) is 10.5 Å². The van der Waals surface area contributed by atoms with Crippen molar-refractivity contribution < 1.29 is 0 Å². The van der Waals surface area contributed by atoms with Crippen molar-refractivity contribution in [1.82, 2.24) is 0 Å². The summed E-state index contributed by atoms with van der Waals surface area (Å²) >= 11 is 3.44. The highest BCUT2D eigenvalue weighted by Gasteiger charge is 2.02. The van der Waals surface area contributed by atoms with Crippen LogP contribution in [0.25, 0.3) is 6.08 Å². The molecule has 16 heavy (non-hydrogen) atoms. The van der Waals surface area contributed by atoms with E-state index in [2.05, 4.69) is 15.9 Å². The van der Waals surface area contributed by atoms with Crippen molar-refractivity contribution in [3.05, 3.63) is 33.8 Å². The van der Waals surface area contributed by atoms with Crippen molar-refractivity contribution in [2.45, 2.75) is 0 Å². The summed E-state index contributed by atoms with van der Waals surface area (Å²) in [6, 6.07) is 9.34. The Kier molecular flexibility index (Phi) is 4.10. The first kappa shape index (κ1) is 12.3. The highest BCUT2D eigenvalue weighted by Crippen LogP contribution is 2.26. The fourth-order valence-corrected chi connectivity index (χ4v) is 1.98. The van der Waals surface area contributed by atoms with Crippen LogP contribution < -0.4 is 4.90 Å². The van der Waals surface area contributed by atoms with Crippen LogP contribution in [0.3, 0.4) is 0 Å². The van der Waals surface area contributed by atoms with Crippen LogP contribution in [-0.4, -0.2) is 14.1 Å². The van der Waals surface area contributed by atoms with E-state index in [-0.39, 0.29) is 5.57 Å². The van der Waals surface area contributed by atoms with Crippen molar-refractivity contribution in [3.8, 4) is 12.1 Å². The Morgan fingerprint density at radius 1 is 1.31 bits per heavy atom. The molecule has 3 nitrogen and oxygen atoms in total. The number of benzene rings is 1. The monoisotopic (exact) mass is 275 g/mol. The van der Waals surface area contributed by atoms with E-state index < -0.39 is 0 Å². The maximum Gasteiger partial charge on any atom is 0.130 e. The minimum Gasteiger partial charge on any atom is -0.377 e. The first-order chi connectivity index (χ1) is 7.58. The molecule has 0 amide bonds. The largest absolute Gasteiger partial charge is 0.377 e. The zero-order valence-corrected chi connectivity index (χ0v) is 10.6. The van der Waals surface area contributed by atoms with Gasteiger partial charge in [-0.05, 0) is 39.7 Å². The molecule has 0 spiro atoms. The number of rotatable bonds is 2.